The molecule has 0 saturated carbocycles. The molecule has 66 heavy (non-hydrogen) atoms. The van der Waals surface area contributed by atoms with Crippen molar-refractivity contribution in [3.05, 3.63) is 230 Å². The number of aromatic nitrogens is 4. The fourth-order valence-corrected chi connectivity index (χ4v) is 9.50. The summed E-state index contributed by atoms with van der Waals surface area (Å²) >= 11 is 0. The van der Waals surface area contributed by atoms with Crippen molar-refractivity contribution in [1.29, 1.82) is 5.26 Å². The van der Waals surface area contributed by atoms with Crippen molar-refractivity contribution >= 4 is 43.6 Å². The maximum absolute atomic E-state index is 16.0. The Labute approximate surface area is 378 Å². The molecule has 0 saturated heterocycles. The van der Waals surface area contributed by atoms with Crippen LogP contribution in [-0.2, 0) is 0 Å². The van der Waals surface area contributed by atoms with E-state index in [0.29, 0.717) is 11.4 Å². The summed E-state index contributed by atoms with van der Waals surface area (Å²) in [5.41, 5.74) is 11.9. The second-order valence-corrected chi connectivity index (χ2v) is 16.3. The van der Waals surface area contributed by atoms with Crippen molar-refractivity contribution in [2.24, 2.45) is 0 Å². The van der Waals surface area contributed by atoms with Gasteiger partial charge in [-0.3, -0.25) is 0 Å². The number of pyridine rings is 2. The predicted octanol–water partition coefficient (Wildman–Crippen LogP) is 15.2. The summed E-state index contributed by atoms with van der Waals surface area (Å²) in [6.07, 6.45) is 0. The highest BCUT2D eigenvalue weighted by atomic mass is 19.1. The number of hydrogen-bond donors (Lipinski definition) is 0. The van der Waals surface area contributed by atoms with E-state index in [-0.39, 0.29) is 16.7 Å². The van der Waals surface area contributed by atoms with Crippen LogP contribution in [0.4, 0.5) is 8.78 Å². The van der Waals surface area contributed by atoms with Crippen LogP contribution in [0.2, 0.25) is 0 Å². The minimum Gasteiger partial charge on any atom is -0.307 e. The maximum atomic E-state index is 16.0. The summed E-state index contributed by atoms with van der Waals surface area (Å²) in [5.74, 6) is -1.52. The topological polar surface area (TPSA) is 59.4 Å². The van der Waals surface area contributed by atoms with Crippen LogP contribution in [0.5, 0.6) is 0 Å². The first kappa shape index (κ1) is 38.7. The molecule has 7 heteroatoms. The molecule has 0 spiro atoms. The zero-order valence-corrected chi connectivity index (χ0v) is 35.2. The van der Waals surface area contributed by atoms with E-state index in [2.05, 4.69) is 75.9 Å². The quantitative estimate of drug-likeness (QED) is 0.160. The minimum absolute atomic E-state index is 0.125. The Hall–Kier alpha value is -8.99. The van der Waals surface area contributed by atoms with Crippen LogP contribution in [0.15, 0.2) is 212 Å². The lowest BCUT2D eigenvalue weighted by atomic mass is 9.97. The molecule has 0 aliphatic carbocycles. The van der Waals surface area contributed by atoms with Crippen molar-refractivity contribution in [2.45, 2.75) is 0 Å². The molecule has 0 amide bonds. The Morgan fingerprint density at radius 1 is 0.364 bits per heavy atom. The van der Waals surface area contributed by atoms with Gasteiger partial charge in [0, 0.05) is 49.4 Å². The average Bonchev–Trinajstić information content (AvgIpc) is 3.88. The molecule has 0 atom stereocenters. The molecule has 0 fully saturated rings. The van der Waals surface area contributed by atoms with Gasteiger partial charge in [-0.2, -0.15) is 5.26 Å². The Bertz CT molecular complexity index is 3900. The maximum Gasteiger partial charge on any atom is 0.134 e. The molecular formula is C59H35F2N5. The van der Waals surface area contributed by atoms with Crippen LogP contribution in [0.25, 0.3) is 111 Å². The summed E-state index contributed by atoms with van der Waals surface area (Å²) in [4.78, 5) is 10.2. The average molecular weight is 852 g/mol. The number of fused-ring (bicyclic) bond motifs is 6. The molecule has 5 nitrogen and oxygen atoms in total. The molecule has 0 radical (unpaired) electrons. The van der Waals surface area contributed by atoms with Crippen molar-refractivity contribution in [1.82, 2.24) is 19.1 Å². The van der Waals surface area contributed by atoms with Gasteiger partial charge in [0.2, 0.25) is 0 Å². The molecule has 12 aromatic rings. The van der Waals surface area contributed by atoms with Gasteiger partial charge in [-0.25, -0.2) is 18.7 Å². The lowest BCUT2D eigenvalue weighted by Crippen LogP contribution is -2.06. The van der Waals surface area contributed by atoms with Gasteiger partial charge >= 0.3 is 0 Å². The summed E-state index contributed by atoms with van der Waals surface area (Å²) in [7, 11) is 0. The molecule has 12 rings (SSSR count). The van der Waals surface area contributed by atoms with Gasteiger partial charge < -0.3 is 9.13 Å². The number of nitrogens with zero attached hydrogens (tertiary/aromatic N) is 5. The third-order valence-corrected chi connectivity index (χ3v) is 12.5. The van der Waals surface area contributed by atoms with Gasteiger partial charge in [0.25, 0.3) is 0 Å². The molecule has 0 aliphatic rings. The van der Waals surface area contributed by atoms with Crippen LogP contribution in [0, 0.1) is 23.0 Å². The van der Waals surface area contributed by atoms with E-state index in [1.807, 2.05) is 121 Å². The predicted molar refractivity (Wildman–Crippen MR) is 263 cm³/mol. The van der Waals surface area contributed by atoms with E-state index >= 15 is 8.78 Å². The number of nitriles is 1. The van der Waals surface area contributed by atoms with Gasteiger partial charge in [-0.15, -0.1) is 0 Å². The lowest BCUT2D eigenvalue weighted by Gasteiger charge is -2.20. The first-order valence-electron chi connectivity index (χ1n) is 21.7. The molecule has 0 aliphatic heterocycles. The van der Waals surface area contributed by atoms with Crippen LogP contribution in [0.3, 0.4) is 0 Å². The number of rotatable bonds is 7. The molecule has 8 aromatic carbocycles. The van der Waals surface area contributed by atoms with Gasteiger partial charge in [-0.1, -0.05) is 140 Å². The monoisotopic (exact) mass is 851 g/mol. The summed E-state index contributed by atoms with van der Waals surface area (Å²) in [5, 5.41) is 14.9. The van der Waals surface area contributed by atoms with E-state index in [1.54, 1.807) is 12.1 Å². The number of benzene rings is 8. The van der Waals surface area contributed by atoms with Crippen LogP contribution >= 0.6 is 0 Å². The molecule has 4 aromatic heterocycles. The van der Waals surface area contributed by atoms with Crippen molar-refractivity contribution in [2.75, 3.05) is 0 Å². The van der Waals surface area contributed by atoms with E-state index in [4.69, 9.17) is 9.97 Å². The first-order valence-corrected chi connectivity index (χ1v) is 21.7. The zero-order valence-electron chi connectivity index (χ0n) is 35.2. The van der Waals surface area contributed by atoms with Crippen LogP contribution in [-0.4, -0.2) is 19.1 Å². The molecule has 310 valence electrons. The summed E-state index contributed by atoms with van der Waals surface area (Å²) in [6.45, 7) is 0. The lowest BCUT2D eigenvalue weighted by molar-refractivity contribution is 0.589. The third-order valence-electron chi connectivity index (χ3n) is 12.5. The largest absolute Gasteiger partial charge is 0.307 e. The normalized spacial score (nSPS) is 11.5. The highest BCUT2D eigenvalue weighted by molar-refractivity contribution is 6.13. The fraction of sp³-hybridized carbons (Fsp3) is 0. The van der Waals surface area contributed by atoms with Crippen molar-refractivity contribution < 1.29 is 8.78 Å². The third kappa shape index (κ3) is 6.35. The molecule has 0 bridgehead atoms. The number of halogens is 2. The van der Waals surface area contributed by atoms with Crippen molar-refractivity contribution in [3.8, 4) is 73.6 Å². The van der Waals surface area contributed by atoms with Gasteiger partial charge in [0.05, 0.1) is 73.4 Å². The van der Waals surface area contributed by atoms with E-state index in [1.165, 1.54) is 18.2 Å². The molecular weight excluding hydrogens is 817 g/mol. The highest BCUT2D eigenvalue weighted by Gasteiger charge is 2.25. The molecule has 4 heterocycles. The van der Waals surface area contributed by atoms with Gasteiger partial charge in [-0.05, 0) is 72.8 Å². The van der Waals surface area contributed by atoms with Gasteiger partial charge in [0.1, 0.15) is 11.6 Å². The summed E-state index contributed by atoms with van der Waals surface area (Å²) < 4.78 is 36.3. The Morgan fingerprint density at radius 2 is 0.773 bits per heavy atom. The first-order chi connectivity index (χ1) is 32.5. The Kier molecular flexibility index (Phi) is 9.18. The second-order valence-electron chi connectivity index (χ2n) is 16.3. The van der Waals surface area contributed by atoms with Crippen LogP contribution < -0.4 is 0 Å². The van der Waals surface area contributed by atoms with E-state index in [9.17, 15) is 5.26 Å². The van der Waals surface area contributed by atoms with Gasteiger partial charge in [0.15, 0.2) is 0 Å². The molecule has 0 N–H and O–H groups in total. The Morgan fingerprint density at radius 3 is 1.26 bits per heavy atom. The summed E-state index contributed by atoms with van der Waals surface area (Å²) in [6, 6.07) is 71.0. The fourth-order valence-electron chi connectivity index (χ4n) is 9.50. The second kappa shape index (κ2) is 15.7. The SMILES string of the molecule is N#Cc1cc(-n2c3ccccc3c3ccc(-c4cccc(-c5ccccc5)n4)cc32)c(-n2c3ccccc3c3ccc(-c4cccc(-c5ccccc5)n4)cc32)cc1-c1c(F)cccc1F. The Balaban J connectivity index is 1.17. The standard InChI is InChI=1S/C59H35F2N5/c60-47-20-11-21-48(61)59(47)46-35-58(66-54-27-10-8-19-43(54)45-31-29-40(33-56(45)66)52-25-13-23-50(64-52)38-16-5-2-6-17-38)57(34-41(46)36-62)65-53-26-9-7-18-42(53)44-30-28-39(32-55(44)65)51-24-12-22-49(63-51)37-14-3-1-4-15-37/h1-35H. The van der Waals surface area contributed by atoms with Crippen molar-refractivity contribution in [3.63, 3.8) is 0 Å². The zero-order chi connectivity index (χ0) is 44.3. The van der Waals surface area contributed by atoms with E-state index < -0.39 is 11.6 Å². The molecule has 0 unspecified atom stereocenters. The van der Waals surface area contributed by atoms with E-state index in [0.717, 1.165) is 88.6 Å². The smallest absolute Gasteiger partial charge is 0.134 e. The highest BCUT2D eigenvalue weighted by Crippen LogP contribution is 2.43. The number of hydrogen-bond acceptors (Lipinski definition) is 3. The number of para-hydroxylation sites is 2. The van der Waals surface area contributed by atoms with Crippen LogP contribution in [0.1, 0.15) is 5.56 Å². The minimum atomic E-state index is -0.759.